The van der Waals surface area contributed by atoms with Gasteiger partial charge in [0.1, 0.15) is 0 Å². The van der Waals surface area contributed by atoms with Crippen LogP contribution in [0.3, 0.4) is 0 Å². The van der Waals surface area contributed by atoms with Crippen molar-refractivity contribution < 1.29 is 9.53 Å². The van der Waals surface area contributed by atoms with Crippen LogP contribution in [0.25, 0.3) is 0 Å². The smallest absolute Gasteiger partial charge is 0.309 e. The summed E-state index contributed by atoms with van der Waals surface area (Å²) in [4.78, 5) is 11.5. The molecule has 0 unspecified atom stereocenters. The summed E-state index contributed by atoms with van der Waals surface area (Å²) in [6.07, 6.45) is 2.71. The third-order valence-electron chi connectivity index (χ3n) is 3.19. The second kappa shape index (κ2) is 5.00. The fourth-order valence-corrected chi connectivity index (χ4v) is 2.61. The number of benzene rings is 1. The van der Waals surface area contributed by atoms with Gasteiger partial charge in [-0.05, 0) is 36.0 Å². The molecule has 86 valence electrons. The molecule has 1 aliphatic carbocycles. The van der Waals surface area contributed by atoms with E-state index in [0.717, 1.165) is 24.6 Å². The Balaban J connectivity index is 2.18. The molecular weight excluding hydrogens is 268 g/mol. The maximum Gasteiger partial charge on any atom is 0.309 e. The molecule has 0 aromatic heterocycles. The van der Waals surface area contributed by atoms with Gasteiger partial charge in [0.2, 0.25) is 0 Å². The first-order chi connectivity index (χ1) is 7.74. The van der Waals surface area contributed by atoms with Gasteiger partial charge in [-0.2, -0.15) is 0 Å². The van der Waals surface area contributed by atoms with Crippen molar-refractivity contribution in [2.45, 2.75) is 24.6 Å². The van der Waals surface area contributed by atoms with Crippen LogP contribution in [0, 0.1) is 5.92 Å². The van der Waals surface area contributed by atoms with Gasteiger partial charge in [-0.1, -0.05) is 34.1 Å². The average Bonchev–Trinajstić information content (AvgIpc) is 2.36. The van der Waals surface area contributed by atoms with Gasteiger partial charge in [-0.25, -0.2) is 0 Å². The third-order valence-corrected chi connectivity index (χ3v) is 3.84. The zero-order valence-corrected chi connectivity index (χ0v) is 10.9. The predicted octanol–water partition coefficient (Wildman–Crippen LogP) is 2.86. The Hall–Kier alpha value is -0.830. The molecule has 0 bridgehead atoms. The van der Waals surface area contributed by atoms with Crippen molar-refractivity contribution in [1.29, 1.82) is 0 Å². The second-order valence-electron chi connectivity index (χ2n) is 4.20. The molecule has 3 heteroatoms. The Morgan fingerprint density at radius 1 is 1.50 bits per heavy atom. The highest BCUT2D eigenvalue weighted by Gasteiger charge is 2.25. The summed E-state index contributed by atoms with van der Waals surface area (Å²) in [6.45, 7) is 0. The summed E-state index contributed by atoms with van der Waals surface area (Å²) in [5, 5.41) is 0.890. The van der Waals surface area contributed by atoms with Gasteiger partial charge in [-0.15, -0.1) is 0 Å². The molecule has 1 aromatic rings. The molecule has 0 saturated carbocycles. The second-order valence-corrected chi connectivity index (χ2v) is 4.76. The lowest BCUT2D eigenvalue weighted by Gasteiger charge is -2.23. The van der Waals surface area contributed by atoms with Gasteiger partial charge in [0.05, 0.1) is 13.0 Å². The van der Waals surface area contributed by atoms with Gasteiger partial charge in [0, 0.05) is 5.33 Å². The molecule has 2 nitrogen and oxygen atoms in total. The van der Waals surface area contributed by atoms with Crippen LogP contribution in [-0.4, -0.2) is 13.1 Å². The number of hydrogen-bond donors (Lipinski definition) is 0. The van der Waals surface area contributed by atoms with E-state index in [1.807, 2.05) is 0 Å². The van der Waals surface area contributed by atoms with Crippen LogP contribution >= 0.6 is 15.9 Å². The molecule has 1 aromatic carbocycles. The number of rotatable bonds is 2. The number of ether oxygens (including phenoxy) is 1. The number of alkyl halides is 1. The number of esters is 1. The Morgan fingerprint density at radius 2 is 2.31 bits per heavy atom. The maximum atomic E-state index is 11.5. The van der Waals surface area contributed by atoms with Crippen molar-refractivity contribution in [2.75, 3.05) is 7.11 Å². The number of carbonyl (C=O) groups excluding carboxylic acids is 1. The summed E-state index contributed by atoms with van der Waals surface area (Å²) in [6, 6.07) is 6.49. The summed E-state index contributed by atoms with van der Waals surface area (Å²) in [5.74, 6) is -0.0254. The van der Waals surface area contributed by atoms with E-state index in [4.69, 9.17) is 4.74 Å². The van der Waals surface area contributed by atoms with E-state index in [0.29, 0.717) is 0 Å². The molecule has 0 N–H and O–H groups in total. The molecule has 16 heavy (non-hydrogen) atoms. The Bertz CT molecular complexity index is 401. The molecule has 1 atom stereocenters. The van der Waals surface area contributed by atoms with E-state index in [9.17, 15) is 4.79 Å². The fraction of sp³-hybridized carbons (Fsp3) is 0.462. The predicted molar refractivity (Wildman–Crippen MR) is 66.6 cm³/mol. The van der Waals surface area contributed by atoms with Crippen LogP contribution in [-0.2, 0) is 27.7 Å². The minimum Gasteiger partial charge on any atom is -0.469 e. The van der Waals surface area contributed by atoms with Crippen molar-refractivity contribution >= 4 is 21.9 Å². The highest BCUT2D eigenvalue weighted by Crippen LogP contribution is 2.27. The monoisotopic (exact) mass is 282 g/mol. The normalized spacial score (nSPS) is 19.0. The van der Waals surface area contributed by atoms with Gasteiger partial charge >= 0.3 is 5.97 Å². The van der Waals surface area contributed by atoms with Gasteiger partial charge in [0.15, 0.2) is 0 Å². The van der Waals surface area contributed by atoms with Gasteiger partial charge in [-0.3, -0.25) is 4.79 Å². The van der Waals surface area contributed by atoms with Crippen molar-refractivity contribution in [3.63, 3.8) is 0 Å². The molecule has 0 fully saturated rings. The standard InChI is InChI=1S/C13H15BrO2/c1-16-13(15)12-5-4-10-6-9(8-14)2-3-11(10)7-12/h2-3,6,12H,4-5,7-8H2,1H3/t12-/m0/s1. The largest absolute Gasteiger partial charge is 0.469 e. The molecule has 0 amide bonds. The van der Waals surface area contributed by atoms with Crippen molar-refractivity contribution in [2.24, 2.45) is 5.92 Å². The molecular formula is C13H15BrO2. The highest BCUT2D eigenvalue weighted by atomic mass is 79.9. The van der Waals surface area contributed by atoms with Crippen LogP contribution in [0.2, 0.25) is 0 Å². The lowest BCUT2D eigenvalue weighted by atomic mass is 9.83. The number of hydrogen-bond acceptors (Lipinski definition) is 2. The maximum absolute atomic E-state index is 11.5. The Kier molecular flexibility index (Phi) is 3.64. The van der Waals surface area contributed by atoms with Crippen LogP contribution in [0.15, 0.2) is 18.2 Å². The minimum atomic E-state index is -0.0739. The first kappa shape index (κ1) is 11.6. The topological polar surface area (TPSA) is 26.3 Å². The highest BCUT2D eigenvalue weighted by molar-refractivity contribution is 9.08. The summed E-state index contributed by atoms with van der Waals surface area (Å²) < 4.78 is 4.80. The van der Waals surface area contributed by atoms with E-state index < -0.39 is 0 Å². The van der Waals surface area contributed by atoms with Crippen LogP contribution < -0.4 is 0 Å². The van der Waals surface area contributed by atoms with E-state index in [-0.39, 0.29) is 11.9 Å². The van der Waals surface area contributed by atoms with Crippen LogP contribution in [0.4, 0.5) is 0 Å². The zero-order chi connectivity index (χ0) is 11.5. The first-order valence-electron chi connectivity index (χ1n) is 5.49. The van der Waals surface area contributed by atoms with E-state index in [1.54, 1.807) is 0 Å². The number of fused-ring (bicyclic) bond motifs is 1. The van der Waals surface area contributed by atoms with Crippen LogP contribution in [0.1, 0.15) is 23.1 Å². The molecule has 0 aliphatic heterocycles. The first-order valence-corrected chi connectivity index (χ1v) is 6.61. The van der Waals surface area contributed by atoms with Crippen molar-refractivity contribution in [3.05, 3.63) is 34.9 Å². The SMILES string of the molecule is COC(=O)[C@H]1CCc2cc(CBr)ccc2C1. The third kappa shape index (κ3) is 2.29. The average molecular weight is 283 g/mol. The van der Waals surface area contributed by atoms with E-state index >= 15 is 0 Å². The van der Waals surface area contributed by atoms with Crippen molar-refractivity contribution in [3.8, 4) is 0 Å². The lowest BCUT2D eigenvalue weighted by molar-refractivity contribution is -0.145. The minimum absolute atomic E-state index is 0.0484. The van der Waals surface area contributed by atoms with E-state index in [1.165, 1.54) is 23.8 Å². The van der Waals surface area contributed by atoms with Gasteiger partial charge < -0.3 is 4.74 Å². The molecule has 0 radical (unpaired) electrons. The summed E-state index contributed by atoms with van der Waals surface area (Å²) in [7, 11) is 1.46. The molecule has 1 aliphatic rings. The quantitative estimate of drug-likeness (QED) is 0.616. The Morgan fingerprint density at radius 3 is 3.00 bits per heavy atom. The fourth-order valence-electron chi connectivity index (χ4n) is 2.26. The molecule has 0 heterocycles. The number of halogens is 1. The summed E-state index contributed by atoms with van der Waals surface area (Å²) >= 11 is 3.46. The molecule has 0 saturated heterocycles. The Labute approximate surface area is 104 Å². The lowest BCUT2D eigenvalue weighted by Crippen LogP contribution is -2.23. The molecule has 2 rings (SSSR count). The van der Waals surface area contributed by atoms with Crippen molar-refractivity contribution in [1.82, 2.24) is 0 Å². The van der Waals surface area contributed by atoms with Crippen LogP contribution in [0.5, 0.6) is 0 Å². The molecule has 0 spiro atoms. The summed E-state index contributed by atoms with van der Waals surface area (Å²) in [5.41, 5.74) is 3.98. The number of methoxy groups -OCH3 is 1. The van der Waals surface area contributed by atoms with E-state index in [2.05, 4.69) is 34.1 Å². The van der Waals surface area contributed by atoms with Gasteiger partial charge in [0.25, 0.3) is 0 Å². The zero-order valence-electron chi connectivity index (χ0n) is 9.33. The number of carbonyl (C=O) groups is 1. The number of aryl methyl sites for hydroxylation is 1.